The van der Waals surface area contributed by atoms with Crippen LogP contribution in [0, 0.1) is 6.92 Å². The maximum atomic E-state index is 13.1. The maximum Gasteiger partial charge on any atom is 0.333 e. The lowest BCUT2D eigenvalue weighted by Gasteiger charge is -2.36. The number of fused-ring (bicyclic) bond motifs is 3. The molecule has 132 valence electrons. The first-order valence-electron chi connectivity index (χ1n) is 8.41. The number of aryl methyl sites for hydroxylation is 1. The van der Waals surface area contributed by atoms with E-state index in [0.717, 1.165) is 42.5 Å². The van der Waals surface area contributed by atoms with Crippen molar-refractivity contribution < 1.29 is 13.6 Å². The molecule has 0 aliphatic carbocycles. The van der Waals surface area contributed by atoms with Gasteiger partial charge in [0.2, 0.25) is 0 Å². The van der Waals surface area contributed by atoms with Gasteiger partial charge in [0.15, 0.2) is 5.69 Å². The van der Waals surface area contributed by atoms with Crippen LogP contribution in [-0.2, 0) is 0 Å². The summed E-state index contributed by atoms with van der Waals surface area (Å²) in [6, 6.07) is 7.50. The number of carbonyl (C=O) groups excluding carboxylic acids is 1. The number of likely N-dealkylation sites (tertiary alicyclic amines) is 1. The summed E-state index contributed by atoms with van der Waals surface area (Å²) in [5.41, 5.74) is 3.26. The molecule has 3 heterocycles. The van der Waals surface area contributed by atoms with Crippen LogP contribution in [-0.4, -0.2) is 46.8 Å². The normalized spacial score (nSPS) is 23.0. The number of hydrogen-bond acceptors (Lipinski definition) is 3. The zero-order chi connectivity index (χ0) is 17.7. The van der Waals surface area contributed by atoms with E-state index in [-0.39, 0.29) is 23.6 Å². The topological polar surface area (TPSA) is 41.4 Å². The number of likely N-dealkylation sites (N-methyl/N-ethyl adjacent to an activating group) is 1. The van der Waals surface area contributed by atoms with Crippen molar-refractivity contribution >= 4 is 11.6 Å². The molecule has 1 saturated heterocycles. The van der Waals surface area contributed by atoms with Gasteiger partial charge in [-0.05, 0) is 44.6 Å². The Bertz CT molecular complexity index is 819. The van der Waals surface area contributed by atoms with Gasteiger partial charge in [0, 0.05) is 30.4 Å². The molecule has 5 nitrogen and oxygen atoms in total. The molecule has 1 aromatic heterocycles. The molecule has 0 bridgehead atoms. The molecule has 2 aliphatic heterocycles. The zero-order valence-corrected chi connectivity index (χ0v) is 14.2. The molecule has 2 aliphatic rings. The quantitative estimate of drug-likeness (QED) is 0.839. The highest BCUT2D eigenvalue weighted by Crippen LogP contribution is 2.45. The molecule has 0 spiro atoms. The Balaban J connectivity index is 1.74. The van der Waals surface area contributed by atoms with Crippen molar-refractivity contribution in [1.82, 2.24) is 14.7 Å². The van der Waals surface area contributed by atoms with Gasteiger partial charge in [-0.2, -0.15) is 13.9 Å². The number of halogens is 2. The molecule has 7 heteroatoms. The van der Waals surface area contributed by atoms with Crippen LogP contribution in [0.1, 0.15) is 40.5 Å². The number of nitrogens with zero attached hydrogens (tertiary/aromatic N) is 4. The smallest absolute Gasteiger partial charge is 0.306 e. The van der Waals surface area contributed by atoms with E-state index in [1.165, 1.54) is 6.07 Å². The number of benzene rings is 1. The summed E-state index contributed by atoms with van der Waals surface area (Å²) in [7, 11) is 2.08. The number of hydrogen-bond donors (Lipinski definition) is 0. The third-order valence-corrected chi connectivity index (χ3v) is 5.20. The lowest BCUT2D eigenvalue weighted by Crippen LogP contribution is -2.47. The summed E-state index contributed by atoms with van der Waals surface area (Å²) in [6.07, 6.45) is 2.01. The summed E-state index contributed by atoms with van der Waals surface area (Å²) >= 11 is 0. The van der Waals surface area contributed by atoms with E-state index in [1.54, 1.807) is 4.90 Å². The highest BCUT2D eigenvalue weighted by atomic mass is 19.3. The van der Waals surface area contributed by atoms with Gasteiger partial charge in [-0.25, -0.2) is 4.68 Å². The number of piperidine rings is 1. The Morgan fingerprint density at radius 2 is 2.12 bits per heavy atom. The molecule has 1 fully saturated rings. The number of carbonyl (C=O) groups is 1. The first-order chi connectivity index (χ1) is 12.0. The number of alkyl halides is 2. The average Bonchev–Trinajstić information content (AvgIpc) is 3.17. The minimum Gasteiger partial charge on any atom is -0.306 e. The summed E-state index contributed by atoms with van der Waals surface area (Å²) < 4.78 is 26.1. The second kappa shape index (κ2) is 5.91. The second-order valence-corrected chi connectivity index (χ2v) is 6.92. The van der Waals surface area contributed by atoms with Crippen molar-refractivity contribution in [1.29, 1.82) is 0 Å². The van der Waals surface area contributed by atoms with Crippen LogP contribution in [0.4, 0.5) is 14.5 Å². The highest BCUT2D eigenvalue weighted by molar-refractivity contribution is 6.07. The molecule has 0 unspecified atom stereocenters. The van der Waals surface area contributed by atoms with E-state index in [4.69, 9.17) is 0 Å². The first kappa shape index (κ1) is 16.2. The van der Waals surface area contributed by atoms with Gasteiger partial charge in [0.05, 0.1) is 0 Å². The highest BCUT2D eigenvalue weighted by Gasteiger charge is 2.44. The monoisotopic (exact) mass is 346 g/mol. The predicted octanol–water partition coefficient (Wildman–Crippen LogP) is 3.03. The zero-order valence-electron chi connectivity index (χ0n) is 14.2. The number of amides is 1. The summed E-state index contributed by atoms with van der Waals surface area (Å²) in [5, 5.41) is 3.76. The van der Waals surface area contributed by atoms with E-state index >= 15 is 0 Å². The maximum absolute atomic E-state index is 13.1. The lowest BCUT2D eigenvalue weighted by molar-refractivity contribution is 0.0560. The van der Waals surface area contributed by atoms with E-state index < -0.39 is 6.55 Å². The molecule has 25 heavy (non-hydrogen) atoms. The van der Waals surface area contributed by atoms with Crippen LogP contribution < -0.4 is 4.90 Å². The van der Waals surface area contributed by atoms with E-state index in [2.05, 4.69) is 23.1 Å². The average molecular weight is 346 g/mol. The van der Waals surface area contributed by atoms with E-state index in [1.807, 2.05) is 19.1 Å². The van der Waals surface area contributed by atoms with E-state index in [0.29, 0.717) is 4.68 Å². The SMILES string of the molecule is Cc1ccc2c(c1)[C@@H]1CN(C)CC[C@H]1N2C(=O)c1ccn(C(F)F)n1. The Hall–Kier alpha value is -2.28. The summed E-state index contributed by atoms with van der Waals surface area (Å²) in [6.45, 7) is 1.09. The molecule has 1 aromatic carbocycles. The van der Waals surface area contributed by atoms with Gasteiger partial charge in [0.25, 0.3) is 5.91 Å². The van der Waals surface area contributed by atoms with Gasteiger partial charge < -0.3 is 9.80 Å². The Morgan fingerprint density at radius 1 is 1.32 bits per heavy atom. The molecule has 2 aromatic rings. The molecule has 0 saturated carbocycles. The number of anilines is 1. The molecule has 0 N–H and O–H groups in total. The van der Waals surface area contributed by atoms with Crippen LogP contribution in [0.25, 0.3) is 0 Å². The fourth-order valence-corrected chi connectivity index (χ4v) is 4.03. The van der Waals surface area contributed by atoms with Crippen LogP contribution in [0.3, 0.4) is 0 Å². The first-order valence-corrected chi connectivity index (χ1v) is 8.41. The van der Waals surface area contributed by atoms with Crippen LogP contribution in [0.15, 0.2) is 30.5 Å². The fraction of sp³-hybridized carbons (Fsp3) is 0.444. The molecule has 1 amide bonds. The van der Waals surface area contributed by atoms with Gasteiger partial charge in [-0.15, -0.1) is 0 Å². The second-order valence-electron chi connectivity index (χ2n) is 6.92. The molecular formula is C18H20F2N4O. The van der Waals surface area contributed by atoms with Crippen molar-refractivity contribution in [2.24, 2.45) is 0 Å². The Morgan fingerprint density at radius 3 is 2.84 bits per heavy atom. The number of aromatic nitrogens is 2. The third-order valence-electron chi connectivity index (χ3n) is 5.20. The minimum absolute atomic E-state index is 0.0530. The van der Waals surface area contributed by atoms with Crippen LogP contribution in [0.2, 0.25) is 0 Å². The van der Waals surface area contributed by atoms with Crippen molar-refractivity contribution in [2.45, 2.75) is 31.9 Å². The largest absolute Gasteiger partial charge is 0.333 e. The molecule has 0 radical (unpaired) electrons. The Labute approximate surface area is 144 Å². The standard InChI is InChI=1S/C18H20F2N4O/c1-11-3-4-15-12(9-11)13-10-22(2)7-6-16(13)24(15)17(25)14-5-8-23(21-14)18(19)20/h3-5,8-9,13,16,18H,6-7,10H2,1-2H3/t13-,16+/m0/s1. The summed E-state index contributed by atoms with van der Waals surface area (Å²) in [4.78, 5) is 17.1. The Kier molecular flexibility index (Phi) is 3.83. The van der Waals surface area contributed by atoms with Crippen molar-refractivity contribution in [3.8, 4) is 0 Å². The van der Waals surface area contributed by atoms with Crippen LogP contribution >= 0.6 is 0 Å². The van der Waals surface area contributed by atoms with Crippen molar-refractivity contribution in [2.75, 3.05) is 25.0 Å². The van der Waals surface area contributed by atoms with E-state index in [9.17, 15) is 13.6 Å². The van der Waals surface area contributed by atoms with Crippen LogP contribution in [0.5, 0.6) is 0 Å². The third kappa shape index (κ3) is 2.63. The van der Waals surface area contributed by atoms with Gasteiger partial charge >= 0.3 is 6.55 Å². The van der Waals surface area contributed by atoms with Gasteiger partial charge in [-0.3, -0.25) is 4.79 Å². The van der Waals surface area contributed by atoms with Gasteiger partial charge in [0.1, 0.15) is 0 Å². The minimum atomic E-state index is -2.74. The summed E-state index contributed by atoms with van der Waals surface area (Å²) in [5.74, 6) is -0.0589. The fourth-order valence-electron chi connectivity index (χ4n) is 4.03. The van der Waals surface area contributed by atoms with Crippen molar-refractivity contribution in [3.63, 3.8) is 0 Å². The number of rotatable bonds is 2. The molecular weight excluding hydrogens is 326 g/mol. The molecule has 2 atom stereocenters. The van der Waals surface area contributed by atoms with Gasteiger partial charge in [-0.1, -0.05) is 17.7 Å². The van der Waals surface area contributed by atoms with Crippen molar-refractivity contribution in [3.05, 3.63) is 47.3 Å². The predicted molar refractivity (Wildman–Crippen MR) is 90.1 cm³/mol. The molecule has 4 rings (SSSR count). The lowest BCUT2D eigenvalue weighted by atomic mass is 9.89.